The molecule has 2 aromatic carbocycles. The van der Waals surface area contributed by atoms with Crippen molar-refractivity contribution < 1.29 is 5.11 Å². The maximum absolute atomic E-state index is 9.86. The van der Waals surface area contributed by atoms with Crippen molar-refractivity contribution in [3.05, 3.63) is 36.4 Å². The standard InChI is InChI=1S/C16H21NO/c1-3-7-12(4-2)17-15-10-5-9-14-13(15)8-6-11-16(14)18/h5-6,8-12,17-18H,3-4,7H2,1-2H3. The Hall–Kier alpha value is -1.70. The van der Waals surface area contributed by atoms with E-state index in [2.05, 4.69) is 31.3 Å². The van der Waals surface area contributed by atoms with Crippen LogP contribution in [0.3, 0.4) is 0 Å². The molecule has 0 saturated carbocycles. The summed E-state index contributed by atoms with van der Waals surface area (Å²) in [4.78, 5) is 0. The lowest BCUT2D eigenvalue weighted by atomic mass is 10.1. The Balaban J connectivity index is 2.36. The highest BCUT2D eigenvalue weighted by molar-refractivity contribution is 5.97. The Bertz CT molecular complexity index is 521. The highest BCUT2D eigenvalue weighted by Gasteiger charge is 2.08. The minimum Gasteiger partial charge on any atom is -0.507 e. The van der Waals surface area contributed by atoms with E-state index in [-0.39, 0.29) is 0 Å². The lowest BCUT2D eigenvalue weighted by molar-refractivity contribution is 0.481. The van der Waals surface area contributed by atoms with E-state index in [9.17, 15) is 5.11 Å². The van der Waals surface area contributed by atoms with E-state index in [4.69, 9.17) is 0 Å². The number of hydrogen-bond donors (Lipinski definition) is 2. The zero-order chi connectivity index (χ0) is 13.0. The third kappa shape index (κ3) is 2.58. The largest absolute Gasteiger partial charge is 0.507 e. The number of fused-ring (bicyclic) bond motifs is 1. The normalized spacial score (nSPS) is 12.6. The second-order valence-electron chi connectivity index (χ2n) is 4.72. The van der Waals surface area contributed by atoms with E-state index < -0.39 is 0 Å². The van der Waals surface area contributed by atoms with Gasteiger partial charge < -0.3 is 10.4 Å². The van der Waals surface area contributed by atoms with Crippen molar-refractivity contribution in [2.45, 2.75) is 39.2 Å². The molecule has 0 aliphatic heterocycles. The topological polar surface area (TPSA) is 32.3 Å². The van der Waals surface area contributed by atoms with Crippen LogP contribution in [0.2, 0.25) is 0 Å². The molecule has 2 rings (SSSR count). The minimum absolute atomic E-state index is 0.347. The molecule has 0 amide bonds. The first kappa shape index (κ1) is 12.7. The molecule has 0 radical (unpaired) electrons. The summed E-state index contributed by atoms with van der Waals surface area (Å²) >= 11 is 0. The van der Waals surface area contributed by atoms with Gasteiger partial charge in [0.25, 0.3) is 0 Å². The average Bonchev–Trinajstić information content (AvgIpc) is 2.39. The summed E-state index contributed by atoms with van der Waals surface area (Å²) in [6.45, 7) is 4.41. The third-order valence-corrected chi connectivity index (χ3v) is 3.39. The maximum atomic E-state index is 9.86. The first-order valence-electron chi connectivity index (χ1n) is 6.73. The number of phenolic OH excluding ortho intramolecular Hbond substituents is 1. The molecule has 0 saturated heterocycles. The summed E-state index contributed by atoms with van der Waals surface area (Å²) < 4.78 is 0. The van der Waals surface area contributed by atoms with Gasteiger partial charge in [-0.1, -0.05) is 44.5 Å². The predicted molar refractivity (Wildman–Crippen MR) is 78.2 cm³/mol. The van der Waals surface area contributed by atoms with E-state index >= 15 is 0 Å². The van der Waals surface area contributed by atoms with Gasteiger partial charge in [-0.3, -0.25) is 0 Å². The van der Waals surface area contributed by atoms with Crippen LogP contribution in [0.5, 0.6) is 5.75 Å². The molecule has 0 aliphatic carbocycles. The molecule has 18 heavy (non-hydrogen) atoms. The zero-order valence-corrected chi connectivity index (χ0v) is 11.1. The number of rotatable bonds is 5. The van der Waals surface area contributed by atoms with E-state index in [1.165, 1.54) is 12.8 Å². The van der Waals surface area contributed by atoms with E-state index in [1.54, 1.807) is 6.07 Å². The average molecular weight is 243 g/mol. The Kier molecular flexibility index (Phi) is 4.08. The zero-order valence-electron chi connectivity index (χ0n) is 11.1. The Morgan fingerprint density at radius 3 is 2.50 bits per heavy atom. The fourth-order valence-electron chi connectivity index (χ4n) is 2.37. The molecule has 0 bridgehead atoms. The van der Waals surface area contributed by atoms with Gasteiger partial charge in [0.15, 0.2) is 0 Å². The monoisotopic (exact) mass is 243 g/mol. The number of phenols is 1. The van der Waals surface area contributed by atoms with Crippen LogP contribution < -0.4 is 5.32 Å². The number of aromatic hydroxyl groups is 1. The van der Waals surface area contributed by atoms with Crippen LogP contribution >= 0.6 is 0 Å². The van der Waals surface area contributed by atoms with Crippen LogP contribution in [0.15, 0.2) is 36.4 Å². The van der Waals surface area contributed by atoms with Gasteiger partial charge in [-0.2, -0.15) is 0 Å². The molecule has 0 fully saturated rings. The smallest absolute Gasteiger partial charge is 0.123 e. The van der Waals surface area contributed by atoms with Crippen LogP contribution in [0, 0.1) is 0 Å². The molecule has 0 heterocycles. The molecule has 0 spiro atoms. The van der Waals surface area contributed by atoms with Crippen LogP contribution in [0.25, 0.3) is 10.8 Å². The molecule has 96 valence electrons. The lowest BCUT2D eigenvalue weighted by Gasteiger charge is -2.19. The predicted octanol–water partition coefficient (Wildman–Crippen LogP) is 4.54. The first-order chi connectivity index (χ1) is 8.76. The molecule has 1 unspecified atom stereocenters. The number of benzene rings is 2. The third-order valence-electron chi connectivity index (χ3n) is 3.39. The van der Waals surface area contributed by atoms with Crippen molar-refractivity contribution in [2.75, 3.05) is 5.32 Å². The van der Waals surface area contributed by atoms with Crippen LogP contribution in [-0.2, 0) is 0 Å². The van der Waals surface area contributed by atoms with Crippen molar-refractivity contribution in [3.63, 3.8) is 0 Å². The van der Waals surface area contributed by atoms with Gasteiger partial charge in [-0.25, -0.2) is 0 Å². The van der Waals surface area contributed by atoms with Gasteiger partial charge in [0.05, 0.1) is 0 Å². The van der Waals surface area contributed by atoms with Crippen LogP contribution in [0.4, 0.5) is 5.69 Å². The number of hydrogen-bond acceptors (Lipinski definition) is 2. The van der Waals surface area contributed by atoms with Crippen molar-refractivity contribution in [2.24, 2.45) is 0 Å². The molecule has 1 atom stereocenters. The summed E-state index contributed by atoms with van der Waals surface area (Å²) in [6, 6.07) is 12.2. The van der Waals surface area contributed by atoms with E-state index in [0.29, 0.717) is 11.8 Å². The van der Waals surface area contributed by atoms with Crippen molar-refractivity contribution in [1.82, 2.24) is 0 Å². The second-order valence-corrected chi connectivity index (χ2v) is 4.72. The Morgan fingerprint density at radius 2 is 1.78 bits per heavy atom. The molecular formula is C16H21NO. The molecule has 2 nitrogen and oxygen atoms in total. The second kappa shape index (κ2) is 5.76. The molecule has 0 aliphatic rings. The SMILES string of the molecule is CCCC(CC)Nc1cccc2c(O)cccc12. The Morgan fingerprint density at radius 1 is 1.06 bits per heavy atom. The van der Waals surface area contributed by atoms with Gasteiger partial charge in [0, 0.05) is 22.5 Å². The minimum atomic E-state index is 0.347. The first-order valence-corrected chi connectivity index (χ1v) is 6.73. The number of anilines is 1. The molecule has 0 aromatic heterocycles. The fraction of sp³-hybridized carbons (Fsp3) is 0.375. The highest BCUT2D eigenvalue weighted by Crippen LogP contribution is 2.30. The van der Waals surface area contributed by atoms with Crippen LogP contribution in [0.1, 0.15) is 33.1 Å². The quantitative estimate of drug-likeness (QED) is 0.808. The van der Waals surface area contributed by atoms with E-state index in [1.807, 2.05) is 18.2 Å². The van der Waals surface area contributed by atoms with Gasteiger partial charge in [-0.15, -0.1) is 0 Å². The summed E-state index contributed by atoms with van der Waals surface area (Å²) in [6.07, 6.45) is 3.47. The van der Waals surface area contributed by atoms with E-state index in [0.717, 1.165) is 22.9 Å². The van der Waals surface area contributed by atoms with Crippen LogP contribution in [-0.4, -0.2) is 11.1 Å². The fourth-order valence-corrected chi connectivity index (χ4v) is 2.37. The molecule has 2 heteroatoms. The summed E-state index contributed by atoms with van der Waals surface area (Å²) in [5.41, 5.74) is 1.11. The number of nitrogens with one attached hydrogen (secondary N) is 1. The summed E-state index contributed by atoms with van der Waals surface area (Å²) in [5.74, 6) is 0.347. The summed E-state index contributed by atoms with van der Waals surface area (Å²) in [5, 5.41) is 15.5. The van der Waals surface area contributed by atoms with Gasteiger partial charge in [0.1, 0.15) is 5.75 Å². The summed E-state index contributed by atoms with van der Waals surface area (Å²) in [7, 11) is 0. The van der Waals surface area contributed by atoms with Gasteiger partial charge in [0.2, 0.25) is 0 Å². The van der Waals surface area contributed by atoms with Crippen molar-refractivity contribution >= 4 is 16.5 Å². The van der Waals surface area contributed by atoms with Crippen molar-refractivity contribution in [1.29, 1.82) is 0 Å². The van der Waals surface area contributed by atoms with Gasteiger partial charge in [-0.05, 0) is 25.0 Å². The molecular weight excluding hydrogens is 222 g/mol. The lowest BCUT2D eigenvalue weighted by Crippen LogP contribution is -2.18. The molecule has 2 N–H and O–H groups in total. The van der Waals surface area contributed by atoms with Crippen molar-refractivity contribution in [3.8, 4) is 5.75 Å². The highest BCUT2D eigenvalue weighted by atomic mass is 16.3. The van der Waals surface area contributed by atoms with Gasteiger partial charge >= 0.3 is 0 Å². The maximum Gasteiger partial charge on any atom is 0.123 e. The molecule has 2 aromatic rings. The Labute approximate surface area is 109 Å².